The van der Waals surface area contributed by atoms with Crippen LogP contribution in [0.1, 0.15) is 20.7 Å². The molecular formula is C23H20BrN3O3S. The fraction of sp³-hybridized carbons (Fsp3) is 0.0870. The lowest BCUT2D eigenvalue weighted by atomic mass is 10.1. The number of hydrogen-bond acceptors (Lipinski definition) is 4. The Kier molecular flexibility index (Phi) is 7.38. The van der Waals surface area contributed by atoms with E-state index in [1.165, 1.54) is 7.11 Å². The summed E-state index contributed by atoms with van der Waals surface area (Å²) < 4.78 is 5.98. The molecule has 0 unspecified atom stereocenters. The van der Waals surface area contributed by atoms with Crippen molar-refractivity contribution >= 4 is 56.4 Å². The van der Waals surface area contributed by atoms with E-state index in [2.05, 4.69) is 26.6 Å². The second-order valence-corrected chi connectivity index (χ2v) is 7.85. The molecular weight excluding hydrogens is 478 g/mol. The van der Waals surface area contributed by atoms with Crippen molar-refractivity contribution in [2.45, 2.75) is 0 Å². The number of amides is 2. The summed E-state index contributed by atoms with van der Waals surface area (Å²) in [6.07, 6.45) is 0. The number of benzene rings is 3. The second-order valence-electron chi connectivity index (χ2n) is 6.53. The number of thiocarbonyl (C=S) groups is 1. The maximum Gasteiger partial charge on any atom is 0.261 e. The Morgan fingerprint density at radius 1 is 1.00 bits per heavy atom. The fourth-order valence-corrected chi connectivity index (χ4v) is 3.42. The van der Waals surface area contributed by atoms with Crippen molar-refractivity contribution in [1.29, 1.82) is 0 Å². The number of halogens is 1. The maximum absolute atomic E-state index is 12.7. The van der Waals surface area contributed by atoms with Crippen LogP contribution in [0, 0.1) is 0 Å². The average Bonchev–Trinajstić information content (AvgIpc) is 2.79. The molecule has 0 aliphatic carbocycles. The Morgan fingerprint density at radius 3 is 2.32 bits per heavy atom. The smallest absolute Gasteiger partial charge is 0.261 e. The molecule has 0 heterocycles. The number of carbonyl (C=O) groups excluding carboxylic acids is 2. The summed E-state index contributed by atoms with van der Waals surface area (Å²) in [6.45, 7) is 0. The van der Waals surface area contributed by atoms with Gasteiger partial charge in [-0.3, -0.25) is 14.9 Å². The Morgan fingerprint density at radius 2 is 1.68 bits per heavy atom. The van der Waals surface area contributed by atoms with Crippen LogP contribution in [0.2, 0.25) is 0 Å². The van der Waals surface area contributed by atoms with Gasteiger partial charge < -0.3 is 15.0 Å². The molecule has 0 atom stereocenters. The molecule has 0 spiro atoms. The van der Waals surface area contributed by atoms with Gasteiger partial charge >= 0.3 is 0 Å². The van der Waals surface area contributed by atoms with E-state index in [1.807, 2.05) is 30.3 Å². The largest absolute Gasteiger partial charge is 0.496 e. The van der Waals surface area contributed by atoms with Crippen LogP contribution in [-0.4, -0.2) is 31.1 Å². The lowest BCUT2D eigenvalue weighted by molar-refractivity contribution is 0.0971. The summed E-state index contributed by atoms with van der Waals surface area (Å²) in [4.78, 5) is 26.8. The maximum atomic E-state index is 12.7. The van der Waals surface area contributed by atoms with Crippen molar-refractivity contribution < 1.29 is 14.3 Å². The number of carbonyl (C=O) groups is 2. The molecule has 3 aromatic rings. The summed E-state index contributed by atoms with van der Waals surface area (Å²) >= 11 is 8.59. The quantitative estimate of drug-likeness (QED) is 0.492. The molecule has 3 rings (SSSR count). The number of nitrogens with zero attached hydrogens (tertiary/aromatic N) is 1. The van der Waals surface area contributed by atoms with Gasteiger partial charge in [-0.15, -0.1) is 0 Å². The van der Waals surface area contributed by atoms with Gasteiger partial charge in [-0.05, 0) is 66.8 Å². The van der Waals surface area contributed by atoms with Crippen LogP contribution in [0.3, 0.4) is 0 Å². The third-order valence-electron chi connectivity index (χ3n) is 4.47. The first kappa shape index (κ1) is 22.5. The van der Waals surface area contributed by atoms with Crippen molar-refractivity contribution in [3.05, 3.63) is 88.4 Å². The number of para-hydroxylation sites is 1. The van der Waals surface area contributed by atoms with Gasteiger partial charge in [0, 0.05) is 28.5 Å². The monoisotopic (exact) mass is 497 g/mol. The van der Waals surface area contributed by atoms with Gasteiger partial charge in [-0.25, -0.2) is 0 Å². The third-order valence-corrected chi connectivity index (χ3v) is 5.17. The van der Waals surface area contributed by atoms with Gasteiger partial charge in [0.2, 0.25) is 0 Å². The Hall–Kier alpha value is -3.23. The van der Waals surface area contributed by atoms with Gasteiger partial charge in [0.25, 0.3) is 11.8 Å². The molecule has 0 fully saturated rings. The number of anilines is 2. The van der Waals surface area contributed by atoms with E-state index >= 15 is 0 Å². The highest BCUT2D eigenvalue weighted by atomic mass is 79.9. The molecule has 2 amide bonds. The van der Waals surface area contributed by atoms with Crippen LogP contribution < -0.4 is 20.3 Å². The highest BCUT2D eigenvalue weighted by Crippen LogP contribution is 2.23. The zero-order chi connectivity index (χ0) is 22.4. The minimum atomic E-state index is -0.396. The van der Waals surface area contributed by atoms with E-state index in [4.69, 9.17) is 17.0 Å². The Bertz CT molecular complexity index is 1100. The van der Waals surface area contributed by atoms with Crippen LogP contribution in [0.5, 0.6) is 5.75 Å². The van der Waals surface area contributed by atoms with Gasteiger partial charge in [0.1, 0.15) is 5.75 Å². The Balaban J connectivity index is 1.63. The molecule has 0 bridgehead atoms. The zero-order valence-electron chi connectivity index (χ0n) is 16.9. The lowest BCUT2D eigenvalue weighted by Gasteiger charge is -2.17. The highest BCUT2D eigenvalue weighted by molar-refractivity contribution is 9.10. The van der Waals surface area contributed by atoms with E-state index in [1.54, 1.807) is 54.4 Å². The highest BCUT2D eigenvalue weighted by Gasteiger charge is 2.15. The van der Waals surface area contributed by atoms with Crippen molar-refractivity contribution in [3.8, 4) is 5.75 Å². The van der Waals surface area contributed by atoms with Crippen molar-refractivity contribution in [3.63, 3.8) is 0 Å². The van der Waals surface area contributed by atoms with Gasteiger partial charge in [0.15, 0.2) is 5.11 Å². The van der Waals surface area contributed by atoms with Crippen molar-refractivity contribution in [2.75, 3.05) is 24.4 Å². The van der Waals surface area contributed by atoms with Gasteiger partial charge in [0.05, 0.1) is 12.7 Å². The molecule has 0 aliphatic rings. The van der Waals surface area contributed by atoms with Gasteiger partial charge in [-0.1, -0.05) is 34.1 Å². The molecule has 31 heavy (non-hydrogen) atoms. The SMILES string of the molecule is COc1ccc(Br)cc1C(=O)NC(=S)Nc1ccc(C(=O)N(C)c2ccccc2)cc1. The number of rotatable bonds is 5. The summed E-state index contributed by atoms with van der Waals surface area (Å²) in [5.74, 6) is -0.0868. The van der Waals surface area contributed by atoms with Crippen LogP contribution in [0.15, 0.2) is 77.3 Å². The summed E-state index contributed by atoms with van der Waals surface area (Å²) in [5, 5.41) is 5.70. The van der Waals surface area contributed by atoms with Crippen molar-refractivity contribution in [2.24, 2.45) is 0 Å². The molecule has 0 saturated heterocycles. The van der Waals surface area contributed by atoms with Gasteiger partial charge in [-0.2, -0.15) is 0 Å². The fourth-order valence-electron chi connectivity index (χ4n) is 2.85. The molecule has 6 nitrogen and oxygen atoms in total. The number of methoxy groups -OCH3 is 1. The molecule has 0 radical (unpaired) electrons. The van der Waals surface area contributed by atoms with Crippen molar-refractivity contribution in [1.82, 2.24) is 5.32 Å². The molecule has 3 aromatic carbocycles. The lowest BCUT2D eigenvalue weighted by Crippen LogP contribution is -2.34. The summed E-state index contributed by atoms with van der Waals surface area (Å²) in [5.41, 5.74) is 2.34. The first-order valence-corrected chi connectivity index (χ1v) is 10.5. The van der Waals surface area contributed by atoms with E-state index in [9.17, 15) is 9.59 Å². The number of ether oxygens (including phenoxy) is 1. The minimum Gasteiger partial charge on any atom is -0.496 e. The van der Waals surface area contributed by atoms with Crippen LogP contribution in [-0.2, 0) is 0 Å². The Labute approximate surface area is 194 Å². The normalized spacial score (nSPS) is 10.2. The van der Waals surface area contributed by atoms with Crippen LogP contribution >= 0.6 is 28.1 Å². The molecule has 8 heteroatoms. The van der Waals surface area contributed by atoms with E-state index in [0.717, 1.165) is 10.2 Å². The minimum absolute atomic E-state index is 0.129. The molecule has 0 aliphatic heterocycles. The molecule has 0 saturated carbocycles. The zero-order valence-corrected chi connectivity index (χ0v) is 19.3. The van der Waals surface area contributed by atoms with E-state index in [-0.39, 0.29) is 11.0 Å². The predicted octanol–water partition coefficient (Wildman–Crippen LogP) is 4.86. The summed E-state index contributed by atoms with van der Waals surface area (Å²) in [6, 6.07) is 21.4. The number of nitrogens with one attached hydrogen (secondary N) is 2. The second kappa shape index (κ2) is 10.2. The van der Waals surface area contributed by atoms with Crippen LogP contribution in [0.4, 0.5) is 11.4 Å². The first-order valence-electron chi connectivity index (χ1n) is 9.28. The van der Waals surface area contributed by atoms with E-state index in [0.29, 0.717) is 22.6 Å². The third kappa shape index (κ3) is 5.68. The summed E-state index contributed by atoms with van der Waals surface area (Å²) in [7, 11) is 3.22. The van der Waals surface area contributed by atoms with Crippen LogP contribution in [0.25, 0.3) is 0 Å². The van der Waals surface area contributed by atoms with E-state index < -0.39 is 5.91 Å². The first-order chi connectivity index (χ1) is 14.9. The standard InChI is InChI=1S/C23H20BrN3O3S/c1-27(18-6-4-3-5-7-18)22(29)15-8-11-17(12-9-15)25-23(31)26-21(28)19-14-16(24)10-13-20(19)30-2/h3-14H,1-2H3,(H2,25,26,28,31). The topological polar surface area (TPSA) is 70.7 Å². The molecule has 2 N–H and O–H groups in total. The average molecular weight is 498 g/mol. The molecule has 0 aromatic heterocycles. The molecule has 158 valence electrons. The number of hydrogen-bond donors (Lipinski definition) is 2. The predicted molar refractivity (Wildman–Crippen MR) is 130 cm³/mol.